The first-order chi connectivity index (χ1) is 11.2. The van der Waals surface area contributed by atoms with Crippen LogP contribution >= 0.6 is 35.3 Å². The first kappa shape index (κ1) is 19.0. The Bertz CT molecular complexity index is 691. The third kappa shape index (κ3) is 4.60. The van der Waals surface area contributed by atoms with Gasteiger partial charge in [-0.2, -0.15) is 0 Å². The van der Waals surface area contributed by atoms with Gasteiger partial charge >= 0.3 is 0 Å². The maximum atomic E-state index is 5.93. The molecule has 1 aromatic heterocycles. The molecule has 0 radical (unpaired) electrons. The van der Waals surface area contributed by atoms with Gasteiger partial charge in [0.05, 0.1) is 23.8 Å². The van der Waals surface area contributed by atoms with E-state index in [9.17, 15) is 0 Å². The summed E-state index contributed by atoms with van der Waals surface area (Å²) < 4.78 is 5.93. The van der Waals surface area contributed by atoms with Crippen LogP contribution in [0.1, 0.15) is 21.1 Å². The molecular weight excluding hydrogens is 435 g/mol. The van der Waals surface area contributed by atoms with Crippen LogP contribution in [0, 0.1) is 13.8 Å². The molecule has 0 saturated heterocycles. The van der Waals surface area contributed by atoms with Gasteiger partial charge in [0, 0.05) is 18.3 Å². The third-order valence-electron chi connectivity index (χ3n) is 3.85. The number of halogens is 1. The number of hydrogen-bond acceptors (Lipinski definition) is 4. The Morgan fingerprint density at radius 3 is 2.79 bits per heavy atom. The number of aryl methyl sites for hydroxylation is 2. The lowest BCUT2D eigenvalue weighted by molar-refractivity contribution is 0.235. The number of nitrogens with one attached hydrogen (secondary N) is 2. The van der Waals surface area contributed by atoms with Crippen molar-refractivity contribution in [1.82, 2.24) is 15.6 Å². The van der Waals surface area contributed by atoms with Crippen molar-refractivity contribution in [3.63, 3.8) is 0 Å². The first-order valence-corrected chi connectivity index (χ1v) is 8.59. The number of nitrogens with zero attached hydrogens (tertiary/aromatic N) is 2. The zero-order valence-electron chi connectivity index (χ0n) is 14.1. The Kier molecular flexibility index (Phi) is 6.85. The predicted octanol–water partition coefficient (Wildman–Crippen LogP) is 3.05. The smallest absolute Gasteiger partial charge is 0.191 e. The van der Waals surface area contributed by atoms with E-state index in [-0.39, 0.29) is 30.1 Å². The highest BCUT2D eigenvalue weighted by atomic mass is 127. The Morgan fingerprint density at radius 2 is 2.12 bits per heavy atom. The number of fused-ring (bicyclic) bond motifs is 1. The number of aliphatic imine (C=N–C) groups is 1. The molecule has 3 rings (SSSR count). The number of aromatic nitrogens is 1. The van der Waals surface area contributed by atoms with Crippen LogP contribution in [0.25, 0.3) is 0 Å². The maximum absolute atomic E-state index is 5.93. The minimum atomic E-state index is 0. The van der Waals surface area contributed by atoms with Crippen LogP contribution in [0.15, 0.2) is 29.3 Å². The summed E-state index contributed by atoms with van der Waals surface area (Å²) in [6, 6.07) is 8.21. The lowest BCUT2D eigenvalue weighted by Gasteiger charge is -2.15. The third-order valence-corrected chi connectivity index (χ3v) is 4.92. The second-order valence-electron chi connectivity index (χ2n) is 5.60. The molecular formula is C17H23IN4OS. The van der Waals surface area contributed by atoms with Crippen molar-refractivity contribution in [2.75, 3.05) is 13.6 Å². The molecule has 0 fully saturated rings. The van der Waals surface area contributed by atoms with Crippen molar-refractivity contribution in [2.45, 2.75) is 32.9 Å². The Labute approximate surface area is 164 Å². The molecule has 5 nitrogen and oxygen atoms in total. The lowest BCUT2D eigenvalue weighted by Crippen LogP contribution is -2.41. The molecule has 0 spiro atoms. The van der Waals surface area contributed by atoms with Crippen molar-refractivity contribution in [3.05, 3.63) is 45.4 Å². The molecule has 1 aliphatic heterocycles. The quantitative estimate of drug-likeness (QED) is 0.420. The normalized spacial score (nSPS) is 16.1. The van der Waals surface area contributed by atoms with Gasteiger partial charge in [-0.25, -0.2) is 4.98 Å². The number of hydrogen-bond donors (Lipinski definition) is 2. The second kappa shape index (κ2) is 8.66. The van der Waals surface area contributed by atoms with E-state index in [2.05, 4.69) is 32.7 Å². The van der Waals surface area contributed by atoms with Crippen molar-refractivity contribution in [1.29, 1.82) is 0 Å². The van der Waals surface area contributed by atoms with Gasteiger partial charge in [-0.15, -0.1) is 35.3 Å². The summed E-state index contributed by atoms with van der Waals surface area (Å²) in [5, 5.41) is 7.78. The van der Waals surface area contributed by atoms with Gasteiger partial charge < -0.3 is 15.4 Å². The monoisotopic (exact) mass is 458 g/mol. The van der Waals surface area contributed by atoms with E-state index >= 15 is 0 Å². The van der Waals surface area contributed by atoms with E-state index in [1.165, 1.54) is 10.4 Å². The summed E-state index contributed by atoms with van der Waals surface area (Å²) in [6.45, 7) is 5.54. The molecule has 0 amide bonds. The Hall–Kier alpha value is -1.35. The number of thiazole rings is 1. The van der Waals surface area contributed by atoms with E-state index in [1.807, 2.05) is 26.0 Å². The minimum Gasteiger partial charge on any atom is -0.488 e. The molecule has 2 heterocycles. The predicted molar refractivity (Wildman–Crippen MR) is 110 cm³/mol. The topological polar surface area (TPSA) is 58.5 Å². The van der Waals surface area contributed by atoms with Gasteiger partial charge in [-0.1, -0.05) is 18.2 Å². The first-order valence-electron chi connectivity index (χ1n) is 7.77. The van der Waals surface area contributed by atoms with Gasteiger partial charge in [0.1, 0.15) is 11.9 Å². The van der Waals surface area contributed by atoms with Crippen molar-refractivity contribution < 1.29 is 4.74 Å². The van der Waals surface area contributed by atoms with Gasteiger partial charge in [0.25, 0.3) is 0 Å². The van der Waals surface area contributed by atoms with Gasteiger partial charge in [0.2, 0.25) is 0 Å². The van der Waals surface area contributed by atoms with E-state index in [1.54, 1.807) is 18.4 Å². The van der Waals surface area contributed by atoms with E-state index in [0.29, 0.717) is 0 Å². The molecule has 24 heavy (non-hydrogen) atoms. The molecule has 1 atom stereocenters. The number of rotatable bonds is 4. The molecule has 2 aromatic rings. The molecule has 0 saturated carbocycles. The largest absolute Gasteiger partial charge is 0.488 e. The summed E-state index contributed by atoms with van der Waals surface area (Å²) >= 11 is 1.72. The lowest BCUT2D eigenvalue weighted by atomic mass is 10.1. The van der Waals surface area contributed by atoms with E-state index in [0.717, 1.165) is 41.9 Å². The van der Waals surface area contributed by atoms with Crippen LogP contribution < -0.4 is 15.4 Å². The summed E-state index contributed by atoms with van der Waals surface area (Å²) in [4.78, 5) is 9.96. The van der Waals surface area contributed by atoms with Crippen LogP contribution in [-0.4, -0.2) is 30.6 Å². The maximum Gasteiger partial charge on any atom is 0.191 e. The zero-order chi connectivity index (χ0) is 16.2. The molecule has 130 valence electrons. The SMILES string of the molecule is CN=C(NCc1sc(C)nc1C)NCC1Cc2ccccc2O1.I. The summed E-state index contributed by atoms with van der Waals surface area (Å²) in [6.07, 6.45) is 1.09. The number of benzene rings is 1. The zero-order valence-corrected chi connectivity index (χ0v) is 17.3. The number of guanidine groups is 1. The highest BCUT2D eigenvalue weighted by Gasteiger charge is 2.22. The fourth-order valence-electron chi connectivity index (χ4n) is 2.70. The van der Waals surface area contributed by atoms with Crippen LogP contribution in [0.4, 0.5) is 0 Å². The highest BCUT2D eigenvalue weighted by molar-refractivity contribution is 14.0. The van der Waals surface area contributed by atoms with E-state index in [4.69, 9.17) is 4.74 Å². The van der Waals surface area contributed by atoms with Gasteiger partial charge in [-0.3, -0.25) is 4.99 Å². The molecule has 2 N–H and O–H groups in total. The minimum absolute atomic E-state index is 0. The van der Waals surface area contributed by atoms with Crippen LogP contribution in [0.3, 0.4) is 0 Å². The summed E-state index contributed by atoms with van der Waals surface area (Å²) in [5.74, 6) is 1.79. The molecule has 7 heteroatoms. The van der Waals surface area contributed by atoms with Crippen molar-refractivity contribution >= 4 is 41.3 Å². The van der Waals surface area contributed by atoms with Crippen molar-refractivity contribution in [3.8, 4) is 5.75 Å². The highest BCUT2D eigenvalue weighted by Crippen LogP contribution is 2.27. The Balaban J connectivity index is 0.00000208. The van der Waals surface area contributed by atoms with Crippen molar-refractivity contribution in [2.24, 2.45) is 4.99 Å². The van der Waals surface area contributed by atoms with Crippen LogP contribution in [0.2, 0.25) is 0 Å². The van der Waals surface area contributed by atoms with Crippen LogP contribution in [0.5, 0.6) is 5.75 Å². The summed E-state index contributed by atoms with van der Waals surface area (Å²) in [5.41, 5.74) is 2.36. The van der Waals surface area contributed by atoms with Gasteiger partial charge in [-0.05, 0) is 25.5 Å². The summed E-state index contributed by atoms with van der Waals surface area (Å²) in [7, 11) is 1.78. The molecule has 1 unspecified atom stereocenters. The van der Waals surface area contributed by atoms with Gasteiger partial charge in [0.15, 0.2) is 5.96 Å². The number of ether oxygens (including phenoxy) is 1. The molecule has 0 aliphatic carbocycles. The average molecular weight is 458 g/mol. The molecule has 1 aliphatic rings. The average Bonchev–Trinajstić information content (AvgIpc) is 3.09. The standard InChI is InChI=1S/C17H22N4OS.HI/c1-11-16(23-12(2)21-11)10-20-17(18-3)19-9-14-8-13-6-4-5-7-15(13)22-14;/h4-7,14H,8-10H2,1-3H3,(H2,18,19,20);1H. The second-order valence-corrected chi connectivity index (χ2v) is 6.89. The number of para-hydroxylation sites is 1. The Morgan fingerprint density at radius 1 is 1.33 bits per heavy atom. The van der Waals surface area contributed by atoms with Crippen LogP contribution in [-0.2, 0) is 13.0 Å². The van der Waals surface area contributed by atoms with E-state index < -0.39 is 0 Å². The fourth-order valence-corrected chi connectivity index (χ4v) is 3.58. The fraction of sp³-hybridized carbons (Fsp3) is 0.412. The molecule has 0 bridgehead atoms. The molecule has 1 aromatic carbocycles.